The molecule has 0 aromatic heterocycles. The minimum absolute atomic E-state index is 0.122. The van der Waals surface area contributed by atoms with Crippen molar-refractivity contribution in [2.75, 3.05) is 6.61 Å². The van der Waals surface area contributed by atoms with Crippen LogP contribution in [0.15, 0.2) is 53.6 Å². The summed E-state index contributed by atoms with van der Waals surface area (Å²) in [6, 6.07) is 13.5. The molecule has 1 unspecified atom stereocenters. The molecule has 1 amide bonds. The van der Waals surface area contributed by atoms with Crippen LogP contribution in [-0.2, 0) is 4.79 Å². The number of carbonyl (C=O) groups is 1. The van der Waals surface area contributed by atoms with Crippen molar-refractivity contribution < 1.29 is 13.9 Å². The summed E-state index contributed by atoms with van der Waals surface area (Å²) in [7, 11) is 0. The highest BCUT2D eigenvalue weighted by Gasteiger charge is 2.04. The number of ether oxygens (including phenoxy) is 1. The molecule has 0 bridgehead atoms. The molecule has 1 N–H and O–H groups in total. The maximum atomic E-state index is 12.8. The summed E-state index contributed by atoms with van der Waals surface area (Å²) in [5.74, 6) is 0.464. The Kier molecular flexibility index (Phi) is 6.49. The molecular weight excluding hydrogens is 307 g/mol. The van der Waals surface area contributed by atoms with E-state index in [9.17, 15) is 9.18 Å². The van der Waals surface area contributed by atoms with Gasteiger partial charge in [-0.2, -0.15) is 5.10 Å². The summed E-state index contributed by atoms with van der Waals surface area (Å²) in [5.41, 5.74) is 4.31. The predicted molar refractivity (Wildman–Crippen MR) is 92.8 cm³/mol. The number of hydrogen-bond donors (Lipinski definition) is 1. The van der Waals surface area contributed by atoms with Crippen LogP contribution in [0.5, 0.6) is 5.75 Å². The van der Waals surface area contributed by atoms with Crippen LogP contribution in [0.1, 0.15) is 37.3 Å². The first-order chi connectivity index (χ1) is 11.6. The topological polar surface area (TPSA) is 50.7 Å². The van der Waals surface area contributed by atoms with Gasteiger partial charge in [0.05, 0.1) is 6.21 Å². The van der Waals surface area contributed by atoms with Crippen LogP contribution in [0.3, 0.4) is 0 Å². The van der Waals surface area contributed by atoms with E-state index in [2.05, 4.69) is 24.4 Å². The fraction of sp³-hybridized carbons (Fsp3) is 0.263. The summed E-state index contributed by atoms with van der Waals surface area (Å²) in [6.45, 7) is 4.19. The quantitative estimate of drug-likeness (QED) is 0.619. The first-order valence-corrected chi connectivity index (χ1v) is 7.88. The number of hydrazone groups is 1. The minimum Gasteiger partial charge on any atom is -0.484 e. The van der Waals surface area contributed by atoms with Gasteiger partial charge in [-0.1, -0.05) is 38.1 Å². The number of hydrogen-bond acceptors (Lipinski definition) is 3. The lowest BCUT2D eigenvalue weighted by atomic mass is 9.99. The van der Waals surface area contributed by atoms with E-state index in [4.69, 9.17) is 4.74 Å². The lowest BCUT2D eigenvalue weighted by Gasteiger charge is -2.10. The summed E-state index contributed by atoms with van der Waals surface area (Å²) < 4.78 is 18.2. The monoisotopic (exact) mass is 328 g/mol. The molecule has 0 fully saturated rings. The Hall–Kier alpha value is -2.69. The Balaban J connectivity index is 1.77. The van der Waals surface area contributed by atoms with Gasteiger partial charge in [0.1, 0.15) is 11.6 Å². The van der Waals surface area contributed by atoms with Crippen molar-refractivity contribution in [1.82, 2.24) is 5.43 Å². The summed E-state index contributed by atoms with van der Waals surface area (Å²) in [4.78, 5) is 11.7. The van der Waals surface area contributed by atoms with Crippen molar-refractivity contribution in [3.05, 3.63) is 65.5 Å². The SMILES string of the molecule is CCC(C)c1ccc(OCC(=O)NN=Cc2ccc(F)cc2)cc1. The fourth-order valence-electron chi connectivity index (χ4n) is 2.04. The van der Waals surface area contributed by atoms with Gasteiger partial charge < -0.3 is 4.74 Å². The third-order valence-corrected chi connectivity index (χ3v) is 3.70. The standard InChI is InChI=1S/C19H21FN2O2/c1-3-14(2)16-6-10-18(11-7-16)24-13-19(23)22-21-12-15-4-8-17(20)9-5-15/h4-12,14H,3,13H2,1-2H3,(H,22,23). The molecule has 0 aliphatic heterocycles. The fourth-order valence-corrected chi connectivity index (χ4v) is 2.04. The van der Waals surface area contributed by atoms with E-state index >= 15 is 0 Å². The van der Waals surface area contributed by atoms with Crippen molar-refractivity contribution in [1.29, 1.82) is 0 Å². The van der Waals surface area contributed by atoms with Crippen LogP contribution < -0.4 is 10.2 Å². The molecule has 0 heterocycles. The zero-order valence-corrected chi connectivity index (χ0v) is 13.8. The van der Waals surface area contributed by atoms with Crippen LogP contribution in [-0.4, -0.2) is 18.7 Å². The van der Waals surface area contributed by atoms with Crippen molar-refractivity contribution in [2.45, 2.75) is 26.2 Å². The van der Waals surface area contributed by atoms with Gasteiger partial charge in [0.15, 0.2) is 6.61 Å². The van der Waals surface area contributed by atoms with E-state index in [1.54, 1.807) is 12.1 Å². The Morgan fingerprint density at radius 3 is 2.50 bits per heavy atom. The maximum absolute atomic E-state index is 12.8. The van der Waals surface area contributed by atoms with Crippen molar-refractivity contribution in [3.8, 4) is 5.75 Å². The number of nitrogens with zero attached hydrogens (tertiary/aromatic N) is 1. The third kappa shape index (κ3) is 5.50. The predicted octanol–water partition coefficient (Wildman–Crippen LogP) is 3.87. The Morgan fingerprint density at radius 1 is 1.21 bits per heavy atom. The molecule has 4 nitrogen and oxygen atoms in total. The van der Waals surface area contributed by atoms with Crippen molar-refractivity contribution in [3.63, 3.8) is 0 Å². The molecular formula is C19H21FN2O2. The average Bonchev–Trinajstić information content (AvgIpc) is 2.61. The molecule has 126 valence electrons. The highest BCUT2D eigenvalue weighted by molar-refractivity contribution is 5.82. The highest BCUT2D eigenvalue weighted by Crippen LogP contribution is 2.21. The van der Waals surface area contributed by atoms with Gasteiger partial charge in [-0.05, 0) is 47.7 Å². The van der Waals surface area contributed by atoms with E-state index in [1.165, 1.54) is 23.9 Å². The molecule has 0 radical (unpaired) electrons. The molecule has 2 aromatic carbocycles. The van der Waals surface area contributed by atoms with Gasteiger partial charge >= 0.3 is 0 Å². The van der Waals surface area contributed by atoms with E-state index in [0.29, 0.717) is 17.2 Å². The van der Waals surface area contributed by atoms with Crippen molar-refractivity contribution in [2.24, 2.45) is 5.10 Å². The van der Waals surface area contributed by atoms with Gasteiger partial charge in [0.2, 0.25) is 0 Å². The van der Waals surface area contributed by atoms with Gasteiger partial charge in [-0.3, -0.25) is 4.79 Å². The summed E-state index contributed by atoms with van der Waals surface area (Å²) >= 11 is 0. The molecule has 1 atom stereocenters. The smallest absolute Gasteiger partial charge is 0.277 e. The molecule has 2 rings (SSSR count). The molecule has 24 heavy (non-hydrogen) atoms. The van der Waals surface area contributed by atoms with Gasteiger partial charge in [0.25, 0.3) is 5.91 Å². The zero-order valence-electron chi connectivity index (χ0n) is 13.8. The lowest BCUT2D eigenvalue weighted by Crippen LogP contribution is -2.24. The van der Waals surface area contributed by atoms with Crippen LogP contribution in [0.4, 0.5) is 4.39 Å². The van der Waals surface area contributed by atoms with Crippen LogP contribution in [0.2, 0.25) is 0 Å². The van der Waals surface area contributed by atoms with Gasteiger partial charge in [-0.15, -0.1) is 0 Å². The normalized spacial score (nSPS) is 12.1. The van der Waals surface area contributed by atoms with Crippen molar-refractivity contribution >= 4 is 12.1 Å². The van der Waals surface area contributed by atoms with E-state index < -0.39 is 0 Å². The average molecular weight is 328 g/mol. The van der Waals surface area contributed by atoms with E-state index in [1.807, 2.05) is 24.3 Å². The van der Waals surface area contributed by atoms with Crippen LogP contribution in [0.25, 0.3) is 0 Å². The number of benzene rings is 2. The highest BCUT2D eigenvalue weighted by atomic mass is 19.1. The third-order valence-electron chi connectivity index (χ3n) is 3.70. The number of carbonyl (C=O) groups excluding carboxylic acids is 1. The molecule has 0 saturated heterocycles. The summed E-state index contributed by atoms with van der Waals surface area (Å²) in [5, 5.41) is 3.80. The molecule has 2 aromatic rings. The van der Waals surface area contributed by atoms with E-state index in [-0.39, 0.29) is 18.3 Å². The van der Waals surface area contributed by atoms with Crippen LogP contribution >= 0.6 is 0 Å². The number of halogens is 1. The Bertz CT molecular complexity index is 682. The van der Waals surface area contributed by atoms with Gasteiger partial charge in [0, 0.05) is 0 Å². The molecule has 5 heteroatoms. The maximum Gasteiger partial charge on any atom is 0.277 e. The largest absolute Gasteiger partial charge is 0.484 e. The molecule has 0 aliphatic carbocycles. The Labute approximate surface area is 141 Å². The second-order valence-corrected chi connectivity index (χ2v) is 5.51. The second-order valence-electron chi connectivity index (χ2n) is 5.51. The first kappa shape index (κ1) is 17.7. The van der Waals surface area contributed by atoms with Crippen LogP contribution in [0, 0.1) is 5.82 Å². The zero-order chi connectivity index (χ0) is 17.4. The molecule has 0 saturated carbocycles. The van der Waals surface area contributed by atoms with E-state index in [0.717, 1.165) is 6.42 Å². The Morgan fingerprint density at radius 2 is 1.88 bits per heavy atom. The number of nitrogens with one attached hydrogen (secondary N) is 1. The lowest BCUT2D eigenvalue weighted by molar-refractivity contribution is -0.123. The molecule has 0 spiro atoms. The first-order valence-electron chi connectivity index (χ1n) is 7.88. The number of amides is 1. The second kappa shape index (κ2) is 8.82. The minimum atomic E-state index is -0.362. The molecule has 0 aliphatic rings. The number of rotatable bonds is 7. The summed E-state index contributed by atoms with van der Waals surface area (Å²) in [6.07, 6.45) is 2.52. The van der Waals surface area contributed by atoms with Gasteiger partial charge in [-0.25, -0.2) is 9.82 Å².